The topological polar surface area (TPSA) is 125 Å². The number of rotatable bonds is 8. The second kappa shape index (κ2) is 8.07. The fourth-order valence-electron chi connectivity index (χ4n) is 2.60. The van der Waals surface area contributed by atoms with Gasteiger partial charge in [0.15, 0.2) is 0 Å². The van der Waals surface area contributed by atoms with Crippen LogP contribution in [0.5, 0.6) is 0 Å². The maximum absolute atomic E-state index is 12.0. The fourth-order valence-corrected chi connectivity index (χ4v) is 2.60. The van der Waals surface area contributed by atoms with Crippen molar-refractivity contribution in [3.63, 3.8) is 0 Å². The van der Waals surface area contributed by atoms with Gasteiger partial charge >= 0.3 is 6.03 Å². The maximum Gasteiger partial charge on any atom is 0.315 e. The Bertz CT molecular complexity index is 574. The van der Waals surface area contributed by atoms with Crippen molar-refractivity contribution in [3.05, 3.63) is 39.9 Å². The molecule has 1 aromatic carbocycles. The zero-order chi connectivity index (χ0) is 17.7. The first-order valence-electron chi connectivity index (χ1n) is 8.01. The van der Waals surface area contributed by atoms with Crippen LogP contribution in [0.25, 0.3) is 0 Å². The number of nitro benzene ring substituents is 1. The number of non-ortho nitro benzene ring substituents is 1. The van der Waals surface area contributed by atoms with Crippen molar-refractivity contribution < 1.29 is 19.9 Å². The van der Waals surface area contributed by atoms with Crippen LogP contribution in [0.1, 0.15) is 37.9 Å². The third-order valence-corrected chi connectivity index (χ3v) is 4.10. The molecule has 0 aliphatic heterocycles. The van der Waals surface area contributed by atoms with Gasteiger partial charge in [0.25, 0.3) is 5.69 Å². The van der Waals surface area contributed by atoms with Gasteiger partial charge in [-0.25, -0.2) is 4.79 Å². The number of hydrogen-bond donors (Lipinski definition) is 4. The van der Waals surface area contributed by atoms with E-state index in [2.05, 4.69) is 10.6 Å². The second-order valence-corrected chi connectivity index (χ2v) is 6.28. The molecule has 0 bridgehead atoms. The van der Waals surface area contributed by atoms with Crippen molar-refractivity contribution >= 4 is 11.7 Å². The molecular weight excluding hydrogens is 314 g/mol. The van der Waals surface area contributed by atoms with Gasteiger partial charge in [0.1, 0.15) is 6.10 Å². The minimum absolute atomic E-state index is 0.0216. The van der Waals surface area contributed by atoms with E-state index in [9.17, 15) is 25.1 Å². The first-order chi connectivity index (χ1) is 11.4. The Morgan fingerprint density at radius 2 is 1.96 bits per heavy atom. The van der Waals surface area contributed by atoms with Crippen molar-refractivity contribution in [1.29, 1.82) is 0 Å². The summed E-state index contributed by atoms with van der Waals surface area (Å²) >= 11 is 0. The highest BCUT2D eigenvalue weighted by molar-refractivity contribution is 5.74. The SMILES string of the molecule is C[C@H](CC1CC1)NC(=O)N[C@H](CO)[C@H](O)c1ccc([N+](=O)[O-])cc1. The van der Waals surface area contributed by atoms with Crippen LogP contribution in [0.2, 0.25) is 0 Å². The van der Waals surface area contributed by atoms with Gasteiger partial charge in [-0.2, -0.15) is 0 Å². The van der Waals surface area contributed by atoms with Crippen molar-refractivity contribution in [3.8, 4) is 0 Å². The lowest BCUT2D eigenvalue weighted by Crippen LogP contribution is -2.49. The molecule has 0 saturated heterocycles. The number of benzene rings is 1. The molecule has 132 valence electrons. The third-order valence-electron chi connectivity index (χ3n) is 4.10. The molecule has 1 aromatic rings. The van der Waals surface area contributed by atoms with Gasteiger partial charge in [-0.05, 0) is 37.0 Å². The predicted octanol–water partition coefficient (Wildman–Crippen LogP) is 1.48. The molecule has 8 nitrogen and oxygen atoms in total. The monoisotopic (exact) mass is 337 g/mol. The zero-order valence-electron chi connectivity index (χ0n) is 13.5. The van der Waals surface area contributed by atoms with Gasteiger partial charge in [0.05, 0.1) is 17.6 Å². The number of amides is 2. The van der Waals surface area contributed by atoms with E-state index < -0.39 is 29.7 Å². The number of carbonyl (C=O) groups excluding carboxylic acids is 1. The van der Waals surface area contributed by atoms with Gasteiger partial charge in [0, 0.05) is 18.2 Å². The quantitative estimate of drug-likeness (QED) is 0.422. The van der Waals surface area contributed by atoms with Crippen LogP contribution >= 0.6 is 0 Å². The third kappa shape index (κ3) is 5.17. The van der Waals surface area contributed by atoms with Crippen LogP contribution < -0.4 is 10.6 Å². The van der Waals surface area contributed by atoms with Crippen LogP contribution in [0.3, 0.4) is 0 Å². The Morgan fingerprint density at radius 1 is 1.33 bits per heavy atom. The molecule has 0 radical (unpaired) electrons. The number of nitrogens with zero attached hydrogens (tertiary/aromatic N) is 1. The largest absolute Gasteiger partial charge is 0.394 e. The molecule has 1 aliphatic rings. The number of nitrogens with one attached hydrogen (secondary N) is 2. The molecule has 0 spiro atoms. The van der Waals surface area contributed by atoms with E-state index in [1.807, 2.05) is 6.92 Å². The molecule has 8 heteroatoms. The summed E-state index contributed by atoms with van der Waals surface area (Å²) in [5.74, 6) is 0.680. The summed E-state index contributed by atoms with van der Waals surface area (Å²) < 4.78 is 0. The number of urea groups is 1. The summed E-state index contributed by atoms with van der Waals surface area (Å²) in [5.41, 5.74) is 0.289. The van der Waals surface area contributed by atoms with Crippen LogP contribution in [-0.2, 0) is 0 Å². The number of aliphatic hydroxyl groups excluding tert-OH is 2. The number of aliphatic hydroxyl groups is 2. The lowest BCUT2D eigenvalue weighted by Gasteiger charge is -2.24. The summed E-state index contributed by atoms with van der Waals surface area (Å²) in [6.45, 7) is 1.46. The highest BCUT2D eigenvalue weighted by Gasteiger charge is 2.26. The maximum atomic E-state index is 12.0. The molecule has 2 amide bonds. The Hall–Kier alpha value is -2.19. The van der Waals surface area contributed by atoms with Gasteiger partial charge < -0.3 is 20.8 Å². The lowest BCUT2D eigenvalue weighted by molar-refractivity contribution is -0.384. The summed E-state index contributed by atoms with van der Waals surface area (Å²) in [7, 11) is 0. The molecule has 0 aromatic heterocycles. The highest BCUT2D eigenvalue weighted by atomic mass is 16.6. The molecule has 3 atom stereocenters. The van der Waals surface area contributed by atoms with Crippen LogP contribution in [0.4, 0.5) is 10.5 Å². The van der Waals surface area contributed by atoms with Crippen molar-refractivity contribution in [1.82, 2.24) is 10.6 Å². The molecule has 1 aliphatic carbocycles. The van der Waals surface area contributed by atoms with E-state index in [1.54, 1.807) is 0 Å². The Kier molecular flexibility index (Phi) is 6.10. The Balaban J connectivity index is 1.90. The Morgan fingerprint density at radius 3 is 2.46 bits per heavy atom. The summed E-state index contributed by atoms with van der Waals surface area (Å²) in [6.07, 6.45) is 2.15. The van der Waals surface area contributed by atoms with Crippen LogP contribution in [0.15, 0.2) is 24.3 Å². The number of hydrogen-bond acceptors (Lipinski definition) is 5. The fraction of sp³-hybridized carbons (Fsp3) is 0.562. The lowest BCUT2D eigenvalue weighted by atomic mass is 10.0. The van der Waals surface area contributed by atoms with E-state index in [-0.39, 0.29) is 11.7 Å². The molecular formula is C16H23N3O5. The standard InChI is InChI=1S/C16H23N3O5/c1-10(8-11-2-3-11)17-16(22)18-14(9-20)15(21)12-4-6-13(7-5-12)19(23)24/h4-7,10-11,14-15,20-21H,2-3,8-9H2,1H3,(H2,17,18,22)/t10-,14-,15-/m1/s1. The summed E-state index contributed by atoms with van der Waals surface area (Å²) in [5, 5.41) is 35.7. The minimum Gasteiger partial charge on any atom is -0.394 e. The number of nitro groups is 1. The summed E-state index contributed by atoms with van der Waals surface area (Å²) in [4.78, 5) is 22.1. The molecule has 1 fully saturated rings. The average Bonchev–Trinajstić information content (AvgIpc) is 3.35. The van der Waals surface area contributed by atoms with Crippen LogP contribution in [-0.4, -0.2) is 39.9 Å². The number of carbonyl (C=O) groups is 1. The van der Waals surface area contributed by atoms with E-state index in [0.29, 0.717) is 11.5 Å². The highest BCUT2D eigenvalue weighted by Crippen LogP contribution is 2.33. The van der Waals surface area contributed by atoms with E-state index in [4.69, 9.17) is 0 Å². The van der Waals surface area contributed by atoms with E-state index in [0.717, 1.165) is 6.42 Å². The van der Waals surface area contributed by atoms with Crippen molar-refractivity contribution in [2.75, 3.05) is 6.61 Å². The Labute approximate surface area is 140 Å². The molecule has 0 heterocycles. The van der Waals surface area contributed by atoms with Gasteiger partial charge in [-0.1, -0.05) is 12.8 Å². The van der Waals surface area contributed by atoms with Gasteiger partial charge in [-0.15, -0.1) is 0 Å². The molecule has 1 saturated carbocycles. The van der Waals surface area contributed by atoms with Crippen molar-refractivity contribution in [2.24, 2.45) is 5.92 Å². The van der Waals surface area contributed by atoms with Crippen molar-refractivity contribution in [2.45, 2.75) is 44.4 Å². The molecule has 4 N–H and O–H groups in total. The molecule has 2 rings (SSSR count). The van der Waals surface area contributed by atoms with Gasteiger partial charge in [-0.3, -0.25) is 10.1 Å². The normalized spacial score (nSPS) is 17.6. The predicted molar refractivity (Wildman–Crippen MR) is 87.4 cm³/mol. The van der Waals surface area contributed by atoms with E-state index >= 15 is 0 Å². The van der Waals surface area contributed by atoms with E-state index in [1.165, 1.54) is 37.1 Å². The van der Waals surface area contributed by atoms with Gasteiger partial charge in [0.2, 0.25) is 0 Å². The molecule has 24 heavy (non-hydrogen) atoms. The summed E-state index contributed by atoms with van der Waals surface area (Å²) in [6, 6.07) is 4.01. The molecule has 0 unspecified atom stereocenters. The second-order valence-electron chi connectivity index (χ2n) is 6.28. The zero-order valence-corrected chi connectivity index (χ0v) is 13.5. The minimum atomic E-state index is -1.17. The smallest absolute Gasteiger partial charge is 0.315 e. The van der Waals surface area contributed by atoms with Crippen LogP contribution in [0, 0.1) is 16.0 Å². The first kappa shape index (κ1) is 18.2. The average molecular weight is 337 g/mol. The first-order valence-corrected chi connectivity index (χ1v) is 8.01.